The maximum absolute atomic E-state index is 13.4. The minimum Gasteiger partial charge on any atom is -0.493 e. The van der Waals surface area contributed by atoms with Crippen LogP contribution in [0.3, 0.4) is 0 Å². The highest BCUT2D eigenvalue weighted by Gasteiger charge is 2.39. The van der Waals surface area contributed by atoms with Gasteiger partial charge < -0.3 is 4.74 Å². The first-order chi connectivity index (χ1) is 10.7. The first kappa shape index (κ1) is 17.2. The van der Waals surface area contributed by atoms with E-state index in [0.717, 1.165) is 0 Å². The number of ether oxygens (including phenoxy) is 1. The second-order valence-electron chi connectivity index (χ2n) is 5.47. The van der Waals surface area contributed by atoms with Gasteiger partial charge in [-0.2, -0.15) is 0 Å². The van der Waals surface area contributed by atoms with E-state index in [2.05, 4.69) is 0 Å². The van der Waals surface area contributed by atoms with Crippen LogP contribution in [0.15, 0.2) is 29.2 Å². The van der Waals surface area contributed by atoms with Gasteiger partial charge in [-0.3, -0.25) is 10.1 Å². The van der Waals surface area contributed by atoms with Gasteiger partial charge in [-0.25, -0.2) is 21.9 Å². The predicted molar refractivity (Wildman–Crippen MR) is 79.1 cm³/mol. The van der Waals surface area contributed by atoms with E-state index >= 15 is 0 Å². The third-order valence-corrected chi connectivity index (χ3v) is 4.83. The van der Waals surface area contributed by atoms with Crippen molar-refractivity contribution in [3.63, 3.8) is 0 Å². The van der Waals surface area contributed by atoms with Gasteiger partial charge in [-0.1, -0.05) is 13.8 Å². The number of nitrogens with zero attached hydrogens (tertiary/aromatic N) is 1. The van der Waals surface area contributed by atoms with Crippen molar-refractivity contribution < 1.29 is 27.1 Å². The lowest BCUT2D eigenvalue weighted by Gasteiger charge is -2.27. The summed E-state index contributed by atoms with van der Waals surface area (Å²) in [6.45, 7) is 3.59. The van der Waals surface area contributed by atoms with Gasteiger partial charge in [0, 0.05) is 0 Å². The lowest BCUT2D eigenvalue weighted by molar-refractivity contribution is -0.126. The lowest BCUT2D eigenvalue weighted by Crippen LogP contribution is -2.57. The van der Waals surface area contributed by atoms with Gasteiger partial charge in [0.2, 0.25) is 0 Å². The van der Waals surface area contributed by atoms with Crippen LogP contribution in [0.25, 0.3) is 0 Å². The molecule has 1 unspecified atom stereocenters. The summed E-state index contributed by atoms with van der Waals surface area (Å²) >= 11 is 0. The summed E-state index contributed by atoms with van der Waals surface area (Å²) in [6.07, 6.45) is -2.09. The van der Waals surface area contributed by atoms with Crippen LogP contribution in [-0.2, 0) is 14.8 Å². The number of imide groups is 1. The second-order valence-corrected chi connectivity index (χ2v) is 7.34. The Morgan fingerprint density at radius 2 is 1.91 bits per heavy atom. The molecule has 0 aromatic heterocycles. The molecule has 2 rings (SSSR count). The summed E-state index contributed by atoms with van der Waals surface area (Å²) < 4.78 is 43.9. The molecular formula is C14H17FN2O5S. The Balaban J connectivity index is 2.19. The molecule has 0 saturated carbocycles. The Morgan fingerprint density at radius 3 is 2.48 bits per heavy atom. The fourth-order valence-corrected chi connectivity index (χ4v) is 3.19. The summed E-state index contributed by atoms with van der Waals surface area (Å²) in [5.74, 6) is -0.340. The maximum atomic E-state index is 13.4. The Kier molecular flexibility index (Phi) is 4.88. The van der Waals surface area contributed by atoms with Crippen LogP contribution in [0.5, 0.6) is 5.75 Å². The summed E-state index contributed by atoms with van der Waals surface area (Å²) in [4.78, 5) is 22.5. The molecule has 1 fully saturated rings. The van der Waals surface area contributed by atoms with Crippen molar-refractivity contribution in [1.82, 2.24) is 9.62 Å². The molecule has 1 atom stereocenters. The minimum absolute atomic E-state index is 0.189. The standard InChI is InChI=1S/C14H17FN2O5S/c1-9(2)8-22-10-3-5-11(6-4-10)23(20,21)17-7-12(15)13(18)16-14(17)19/h3-6,9,12H,7-8H2,1-2H3,(H,16,18,19). The molecule has 1 aliphatic heterocycles. The van der Waals surface area contributed by atoms with E-state index in [1.807, 2.05) is 13.8 Å². The highest BCUT2D eigenvalue weighted by Crippen LogP contribution is 2.22. The van der Waals surface area contributed by atoms with Gasteiger partial charge >= 0.3 is 6.03 Å². The van der Waals surface area contributed by atoms with E-state index in [-0.39, 0.29) is 4.90 Å². The van der Waals surface area contributed by atoms with E-state index in [1.165, 1.54) is 24.3 Å². The van der Waals surface area contributed by atoms with Crippen molar-refractivity contribution >= 4 is 22.0 Å². The van der Waals surface area contributed by atoms with Crippen molar-refractivity contribution in [3.8, 4) is 5.75 Å². The van der Waals surface area contributed by atoms with Crippen LogP contribution in [-0.4, -0.2) is 44.0 Å². The van der Waals surface area contributed by atoms with E-state index in [9.17, 15) is 22.4 Å². The second kappa shape index (κ2) is 6.53. The monoisotopic (exact) mass is 344 g/mol. The van der Waals surface area contributed by atoms with Crippen LogP contribution in [0.2, 0.25) is 0 Å². The number of carbonyl (C=O) groups excluding carboxylic acids is 2. The molecule has 1 heterocycles. The number of sulfonamides is 1. The first-order valence-corrected chi connectivity index (χ1v) is 8.40. The highest BCUT2D eigenvalue weighted by atomic mass is 32.2. The van der Waals surface area contributed by atoms with Crippen molar-refractivity contribution in [3.05, 3.63) is 24.3 Å². The largest absolute Gasteiger partial charge is 0.493 e. The van der Waals surface area contributed by atoms with E-state index in [0.29, 0.717) is 22.6 Å². The molecule has 0 radical (unpaired) electrons. The van der Waals surface area contributed by atoms with Crippen LogP contribution >= 0.6 is 0 Å². The van der Waals surface area contributed by atoms with Crippen LogP contribution in [0.1, 0.15) is 13.8 Å². The zero-order valence-corrected chi connectivity index (χ0v) is 13.5. The molecular weight excluding hydrogens is 327 g/mol. The normalized spacial score (nSPS) is 19.0. The Hall–Kier alpha value is -2.16. The molecule has 23 heavy (non-hydrogen) atoms. The number of carbonyl (C=O) groups is 2. The molecule has 0 bridgehead atoms. The van der Waals surface area contributed by atoms with E-state index in [1.54, 1.807) is 5.32 Å². The number of benzene rings is 1. The number of nitrogens with one attached hydrogen (secondary N) is 1. The molecule has 1 N–H and O–H groups in total. The van der Waals surface area contributed by atoms with E-state index in [4.69, 9.17) is 4.74 Å². The molecule has 3 amide bonds. The van der Waals surface area contributed by atoms with Crippen molar-refractivity contribution in [2.75, 3.05) is 13.2 Å². The molecule has 1 saturated heterocycles. The number of amides is 3. The zero-order valence-electron chi connectivity index (χ0n) is 12.7. The first-order valence-electron chi connectivity index (χ1n) is 6.96. The van der Waals surface area contributed by atoms with Gasteiger partial charge in [0.1, 0.15) is 5.75 Å². The van der Waals surface area contributed by atoms with Crippen molar-refractivity contribution in [2.24, 2.45) is 5.92 Å². The van der Waals surface area contributed by atoms with Crippen LogP contribution in [0.4, 0.5) is 9.18 Å². The van der Waals surface area contributed by atoms with Crippen molar-refractivity contribution in [1.29, 1.82) is 0 Å². The van der Waals surface area contributed by atoms with E-state index < -0.39 is 34.7 Å². The lowest BCUT2D eigenvalue weighted by atomic mass is 10.2. The van der Waals surface area contributed by atoms with Gasteiger partial charge in [0.05, 0.1) is 18.0 Å². The number of halogens is 1. The van der Waals surface area contributed by atoms with Crippen LogP contribution < -0.4 is 10.1 Å². The molecule has 0 spiro atoms. The Morgan fingerprint density at radius 1 is 1.30 bits per heavy atom. The van der Waals surface area contributed by atoms with Crippen LogP contribution in [0, 0.1) is 5.92 Å². The molecule has 7 nitrogen and oxygen atoms in total. The zero-order chi connectivity index (χ0) is 17.2. The summed E-state index contributed by atoms with van der Waals surface area (Å²) in [6, 6.07) is 4.28. The number of hydrogen-bond acceptors (Lipinski definition) is 5. The maximum Gasteiger partial charge on any atom is 0.338 e. The molecule has 1 aromatic carbocycles. The van der Waals surface area contributed by atoms with Gasteiger partial charge in [0.25, 0.3) is 15.9 Å². The highest BCUT2D eigenvalue weighted by molar-refractivity contribution is 7.89. The molecule has 0 aliphatic carbocycles. The third kappa shape index (κ3) is 3.79. The minimum atomic E-state index is -4.24. The number of alkyl halides is 1. The smallest absolute Gasteiger partial charge is 0.338 e. The Bertz CT molecular complexity index is 702. The quantitative estimate of drug-likeness (QED) is 0.869. The predicted octanol–water partition coefficient (Wildman–Crippen LogP) is 1.30. The fourth-order valence-electron chi connectivity index (χ4n) is 1.86. The SMILES string of the molecule is CC(C)COc1ccc(S(=O)(=O)N2CC(F)C(=O)NC2=O)cc1. The molecule has 126 valence electrons. The van der Waals surface area contributed by atoms with Gasteiger partial charge in [-0.05, 0) is 30.2 Å². The Labute approximate surface area is 133 Å². The molecule has 9 heteroatoms. The number of urea groups is 1. The summed E-state index contributed by atoms with van der Waals surface area (Å²) in [5, 5.41) is 1.67. The number of rotatable bonds is 5. The van der Waals surface area contributed by atoms with Crippen molar-refractivity contribution in [2.45, 2.75) is 24.9 Å². The fraction of sp³-hybridized carbons (Fsp3) is 0.429. The average molecular weight is 344 g/mol. The molecule has 1 aliphatic rings. The molecule has 1 aromatic rings. The third-order valence-electron chi connectivity index (χ3n) is 3.06. The number of hydrogen-bond donors (Lipinski definition) is 1. The summed E-state index contributed by atoms with van der Waals surface area (Å²) in [5.41, 5.74) is 0. The average Bonchev–Trinajstić information content (AvgIpc) is 2.49. The topological polar surface area (TPSA) is 92.8 Å². The van der Waals surface area contributed by atoms with Gasteiger partial charge in [-0.15, -0.1) is 0 Å². The summed E-state index contributed by atoms with van der Waals surface area (Å²) in [7, 11) is -4.24. The van der Waals surface area contributed by atoms with Gasteiger partial charge in [0.15, 0.2) is 6.17 Å².